The van der Waals surface area contributed by atoms with Crippen LogP contribution in [0.15, 0.2) is 27.1 Å². The maximum atomic E-state index is 12.3. The van der Waals surface area contributed by atoms with Crippen LogP contribution in [0.1, 0.15) is 16.8 Å². The minimum atomic E-state index is 0.107. The van der Waals surface area contributed by atoms with Crippen LogP contribution in [0, 0.1) is 0 Å². The Labute approximate surface area is 118 Å². The Hall–Kier alpha value is -0.390. The molecule has 1 saturated heterocycles. The SMILES string of the molecule is O=C(c1cc(Br)cc(Br)c1)N1CCCNCC1. The number of carbonyl (C=O) groups excluding carboxylic acids is 1. The molecule has 1 aromatic rings. The fourth-order valence-corrected chi connectivity index (χ4v) is 3.20. The number of amides is 1. The molecular weight excluding hydrogens is 348 g/mol. The maximum Gasteiger partial charge on any atom is 0.253 e. The molecule has 0 saturated carbocycles. The van der Waals surface area contributed by atoms with Crippen molar-refractivity contribution in [1.82, 2.24) is 10.2 Å². The second-order valence-electron chi connectivity index (χ2n) is 4.05. The smallest absolute Gasteiger partial charge is 0.253 e. The molecule has 1 aliphatic rings. The van der Waals surface area contributed by atoms with Gasteiger partial charge in [-0.15, -0.1) is 0 Å². The normalized spacial score (nSPS) is 16.7. The summed E-state index contributed by atoms with van der Waals surface area (Å²) in [6, 6.07) is 5.66. The first kappa shape index (κ1) is 13.1. The molecule has 3 nitrogen and oxygen atoms in total. The lowest BCUT2D eigenvalue weighted by Crippen LogP contribution is -2.34. The third-order valence-corrected chi connectivity index (χ3v) is 3.65. The van der Waals surface area contributed by atoms with Gasteiger partial charge in [-0.2, -0.15) is 0 Å². The Morgan fingerprint density at radius 2 is 1.82 bits per heavy atom. The Kier molecular flexibility index (Phi) is 4.59. The van der Waals surface area contributed by atoms with Crippen molar-refractivity contribution in [3.8, 4) is 0 Å². The van der Waals surface area contributed by atoms with Crippen LogP contribution >= 0.6 is 31.9 Å². The summed E-state index contributed by atoms with van der Waals surface area (Å²) in [6.45, 7) is 3.48. The van der Waals surface area contributed by atoms with Gasteiger partial charge in [0, 0.05) is 34.1 Å². The molecule has 92 valence electrons. The standard InChI is InChI=1S/C12H14Br2N2O/c13-10-6-9(7-11(14)8-10)12(17)16-4-1-2-15-3-5-16/h6-8,15H,1-5H2. The van der Waals surface area contributed by atoms with Crippen LogP contribution in [0.5, 0.6) is 0 Å². The summed E-state index contributed by atoms with van der Waals surface area (Å²) < 4.78 is 1.84. The number of halogens is 2. The lowest BCUT2D eigenvalue weighted by atomic mass is 10.2. The molecule has 0 aliphatic carbocycles. The highest BCUT2D eigenvalue weighted by Crippen LogP contribution is 2.21. The van der Waals surface area contributed by atoms with Crippen molar-refractivity contribution in [3.05, 3.63) is 32.7 Å². The molecule has 1 fully saturated rings. The largest absolute Gasteiger partial charge is 0.337 e. The van der Waals surface area contributed by atoms with Gasteiger partial charge in [-0.25, -0.2) is 0 Å². The van der Waals surface area contributed by atoms with Crippen molar-refractivity contribution in [1.29, 1.82) is 0 Å². The first-order valence-corrected chi connectivity index (χ1v) is 7.21. The van der Waals surface area contributed by atoms with Crippen molar-refractivity contribution < 1.29 is 4.79 Å². The summed E-state index contributed by atoms with van der Waals surface area (Å²) in [7, 11) is 0. The lowest BCUT2D eigenvalue weighted by molar-refractivity contribution is 0.0766. The molecule has 1 aromatic carbocycles. The molecular formula is C12H14Br2N2O. The molecule has 2 rings (SSSR count). The van der Waals surface area contributed by atoms with E-state index in [2.05, 4.69) is 37.2 Å². The van der Waals surface area contributed by atoms with Crippen molar-refractivity contribution in [3.63, 3.8) is 0 Å². The Morgan fingerprint density at radius 1 is 1.12 bits per heavy atom. The molecule has 1 aliphatic heterocycles. The average molecular weight is 362 g/mol. The molecule has 17 heavy (non-hydrogen) atoms. The van der Waals surface area contributed by atoms with Gasteiger partial charge in [0.25, 0.3) is 5.91 Å². The van der Waals surface area contributed by atoms with Gasteiger partial charge < -0.3 is 10.2 Å². The number of nitrogens with zero attached hydrogens (tertiary/aromatic N) is 1. The molecule has 0 bridgehead atoms. The molecule has 0 radical (unpaired) electrons. The van der Waals surface area contributed by atoms with Crippen LogP contribution in [0.4, 0.5) is 0 Å². The Bertz CT molecular complexity index is 395. The van der Waals surface area contributed by atoms with Gasteiger partial charge in [0.1, 0.15) is 0 Å². The van der Waals surface area contributed by atoms with E-state index in [1.807, 2.05) is 23.1 Å². The quantitative estimate of drug-likeness (QED) is 0.833. The predicted molar refractivity (Wildman–Crippen MR) is 75.2 cm³/mol. The third-order valence-electron chi connectivity index (χ3n) is 2.74. The second kappa shape index (κ2) is 5.98. The highest BCUT2D eigenvalue weighted by molar-refractivity contribution is 9.11. The number of hydrogen-bond acceptors (Lipinski definition) is 2. The van der Waals surface area contributed by atoms with E-state index < -0.39 is 0 Å². The highest BCUT2D eigenvalue weighted by atomic mass is 79.9. The van der Waals surface area contributed by atoms with Crippen LogP contribution in [0.2, 0.25) is 0 Å². The van der Waals surface area contributed by atoms with Crippen molar-refractivity contribution >= 4 is 37.8 Å². The zero-order chi connectivity index (χ0) is 12.3. The monoisotopic (exact) mass is 360 g/mol. The molecule has 1 heterocycles. The average Bonchev–Trinajstić information content (AvgIpc) is 2.55. The summed E-state index contributed by atoms with van der Waals surface area (Å²) in [5.41, 5.74) is 0.730. The summed E-state index contributed by atoms with van der Waals surface area (Å²) in [5.74, 6) is 0.107. The molecule has 1 amide bonds. The number of rotatable bonds is 1. The van der Waals surface area contributed by atoms with Gasteiger partial charge in [0.2, 0.25) is 0 Å². The summed E-state index contributed by atoms with van der Waals surface area (Å²) >= 11 is 6.82. The lowest BCUT2D eigenvalue weighted by Gasteiger charge is -2.20. The fraction of sp³-hybridized carbons (Fsp3) is 0.417. The van der Waals surface area contributed by atoms with Gasteiger partial charge in [-0.05, 0) is 31.2 Å². The van der Waals surface area contributed by atoms with Crippen molar-refractivity contribution in [2.45, 2.75) is 6.42 Å². The number of hydrogen-bond donors (Lipinski definition) is 1. The molecule has 5 heteroatoms. The maximum absolute atomic E-state index is 12.3. The number of carbonyl (C=O) groups is 1. The molecule has 1 N–H and O–H groups in total. The Morgan fingerprint density at radius 3 is 2.53 bits per heavy atom. The number of nitrogens with one attached hydrogen (secondary N) is 1. The van der Waals surface area contributed by atoms with E-state index in [0.29, 0.717) is 0 Å². The summed E-state index contributed by atoms with van der Waals surface area (Å²) in [4.78, 5) is 14.2. The molecule has 0 atom stereocenters. The van der Waals surface area contributed by atoms with Gasteiger partial charge >= 0.3 is 0 Å². The van der Waals surface area contributed by atoms with Crippen LogP contribution < -0.4 is 5.32 Å². The van der Waals surface area contributed by atoms with E-state index in [1.54, 1.807) is 0 Å². The van der Waals surface area contributed by atoms with Gasteiger partial charge in [0.15, 0.2) is 0 Å². The van der Waals surface area contributed by atoms with E-state index >= 15 is 0 Å². The van der Waals surface area contributed by atoms with E-state index in [0.717, 1.165) is 47.1 Å². The first-order chi connectivity index (χ1) is 8.16. The van der Waals surface area contributed by atoms with E-state index in [1.165, 1.54) is 0 Å². The molecule has 0 unspecified atom stereocenters. The molecule has 0 aromatic heterocycles. The van der Waals surface area contributed by atoms with E-state index in [9.17, 15) is 4.79 Å². The van der Waals surface area contributed by atoms with Gasteiger partial charge in [-0.3, -0.25) is 4.79 Å². The summed E-state index contributed by atoms with van der Waals surface area (Å²) in [5, 5.41) is 3.29. The molecule has 0 spiro atoms. The van der Waals surface area contributed by atoms with Gasteiger partial charge in [0.05, 0.1) is 0 Å². The van der Waals surface area contributed by atoms with E-state index in [4.69, 9.17) is 0 Å². The van der Waals surface area contributed by atoms with Crippen LogP contribution in [0.3, 0.4) is 0 Å². The highest BCUT2D eigenvalue weighted by Gasteiger charge is 2.17. The van der Waals surface area contributed by atoms with E-state index in [-0.39, 0.29) is 5.91 Å². The topological polar surface area (TPSA) is 32.3 Å². The third kappa shape index (κ3) is 3.53. The number of benzene rings is 1. The van der Waals surface area contributed by atoms with Crippen LogP contribution in [-0.4, -0.2) is 37.0 Å². The zero-order valence-corrected chi connectivity index (χ0v) is 12.6. The van der Waals surface area contributed by atoms with Crippen LogP contribution in [0.25, 0.3) is 0 Å². The second-order valence-corrected chi connectivity index (χ2v) is 5.89. The Balaban J connectivity index is 2.17. The van der Waals surface area contributed by atoms with Crippen LogP contribution in [-0.2, 0) is 0 Å². The summed E-state index contributed by atoms with van der Waals surface area (Å²) in [6.07, 6.45) is 1.01. The van der Waals surface area contributed by atoms with Gasteiger partial charge in [-0.1, -0.05) is 31.9 Å². The van der Waals surface area contributed by atoms with Crippen molar-refractivity contribution in [2.75, 3.05) is 26.2 Å². The minimum absolute atomic E-state index is 0.107. The fourth-order valence-electron chi connectivity index (χ4n) is 1.91. The minimum Gasteiger partial charge on any atom is -0.337 e. The first-order valence-electron chi connectivity index (χ1n) is 5.63. The zero-order valence-electron chi connectivity index (χ0n) is 9.38. The predicted octanol–water partition coefficient (Wildman–Crippen LogP) is 2.65. The van der Waals surface area contributed by atoms with Crippen molar-refractivity contribution in [2.24, 2.45) is 0 Å².